The predicted molar refractivity (Wildman–Crippen MR) is 114 cm³/mol. The van der Waals surface area contributed by atoms with Crippen molar-refractivity contribution in [3.05, 3.63) is 58.5 Å². The molecule has 0 fully saturated rings. The van der Waals surface area contributed by atoms with Gasteiger partial charge in [-0.15, -0.1) is 0 Å². The van der Waals surface area contributed by atoms with Crippen LogP contribution in [-0.2, 0) is 24.3 Å². The third-order valence-corrected chi connectivity index (χ3v) is 5.83. The van der Waals surface area contributed by atoms with Crippen molar-refractivity contribution in [2.45, 2.75) is 33.4 Å². The summed E-state index contributed by atoms with van der Waals surface area (Å²) in [6.45, 7) is 6.49. The molecule has 0 saturated carbocycles. The van der Waals surface area contributed by atoms with E-state index in [0.717, 1.165) is 41.3 Å². The maximum absolute atomic E-state index is 12.8. The van der Waals surface area contributed by atoms with E-state index >= 15 is 0 Å². The van der Waals surface area contributed by atoms with Gasteiger partial charge in [0.2, 0.25) is 5.91 Å². The zero-order chi connectivity index (χ0) is 19.8. The zero-order valence-electron chi connectivity index (χ0n) is 16.5. The molecule has 1 aliphatic rings. The molecule has 28 heavy (non-hydrogen) atoms. The van der Waals surface area contributed by atoms with Gasteiger partial charge in [-0.3, -0.25) is 9.78 Å². The number of rotatable bonds is 4. The summed E-state index contributed by atoms with van der Waals surface area (Å²) in [5.41, 5.74) is 5.60. The van der Waals surface area contributed by atoms with Gasteiger partial charge in [-0.25, -0.2) is 0 Å². The monoisotopic (exact) mass is 396 g/mol. The number of aryl methyl sites for hydroxylation is 1. The molecule has 1 unspecified atom stereocenters. The molecule has 146 valence electrons. The van der Waals surface area contributed by atoms with E-state index in [1.807, 2.05) is 26.0 Å². The quantitative estimate of drug-likeness (QED) is 0.716. The molecule has 0 spiro atoms. The van der Waals surface area contributed by atoms with Crippen LogP contribution in [0.15, 0.2) is 36.7 Å². The molecule has 1 aliphatic heterocycles. The van der Waals surface area contributed by atoms with Crippen molar-refractivity contribution in [2.24, 2.45) is 5.92 Å². The first kappa shape index (κ1) is 19.0. The van der Waals surface area contributed by atoms with Crippen LogP contribution < -0.4 is 5.32 Å². The van der Waals surface area contributed by atoms with Gasteiger partial charge >= 0.3 is 0 Å². The minimum absolute atomic E-state index is 0.0167. The summed E-state index contributed by atoms with van der Waals surface area (Å²) in [4.78, 5) is 19.2. The molecule has 0 radical (unpaired) electrons. The van der Waals surface area contributed by atoms with E-state index in [1.54, 1.807) is 12.4 Å². The lowest BCUT2D eigenvalue weighted by molar-refractivity contribution is -0.119. The van der Waals surface area contributed by atoms with Crippen LogP contribution in [-0.4, -0.2) is 34.0 Å². The maximum atomic E-state index is 12.8. The Morgan fingerprint density at radius 2 is 2.18 bits per heavy atom. The van der Waals surface area contributed by atoms with Gasteiger partial charge in [0.25, 0.3) is 0 Å². The van der Waals surface area contributed by atoms with Gasteiger partial charge < -0.3 is 14.8 Å². The summed E-state index contributed by atoms with van der Waals surface area (Å²) in [6, 6.07) is 7.90. The summed E-state index contributed by atoms with van der Waals surface area (Å²) in [7, 11) is 2.14. The smallest absolute Gasteiger partial charge is 0.229 e. The second kappa shape index (κ2) is 7.57. The van der Waals surface area contributed by atoms with Crippen LogP contribution >= 0.6 is 11.6 Å². The van der Waals surface area contributed by atoms with Crippen molar-refractivity contribution in [1.29, 1.82) is 0 Å². The van der Waals surface area contributed by atoms with Crippen LogP contribution in [0.1, 0.15) is 23.7 Å². The van der Waals surface area contributed by atoms with Crippen molar-refractivity contribution in [2.75, 3.05) is 18.9 Å². The van der Waals surface area contributed by atoms with E-state index in [2.05, 4.69) is 38.9 Å². The summed E-state index contributed by atoms with van der Waals surface area (Å²) < 4.78 is 2.31. The van der Waals surface area contributed by atoms with Crippen molar-refractivity contribution in [3.63, 3.8) is 0 Å². The molecular weight excluding hydrogens is 372 g/mol. The second-order valence-electron chi connectivity index (χ2n) is 7.77. The number of carbonyl (C=O) groups is 1. The Labute approximate surface area is 170 Å². The lowest BCUT2D eigenvalue weighted by atomic mass is 10.0. The molecule has 1 atom stereocenters. The largest absolute Gasteiger partial charge is 0.342 e. The molecule has 0 bridgehead atoms. The minimum atomic E-state index is -0.171. The second-order valence-corrected chi connectivity index (χ2v) is 8.20. The Hall–Kier alpha value is -2.37. The van der Waals surface area contributed by atoms with Crippen LogP contribution in [0.2, 0.25) is 5.02 Å². The number of fused-ring (bicyclic) bond motifs is 3. The van der Waals surface area contributed by atoms with E-state index in [-0.39, 0.29) is 11.8 Å². The Morgan fingerprint density at radius 1 is 1.36 bits per heavy atom. The molecular formula is C22H25ClN4O. The number of pyridine rings is 1. The number of aromatic nitrogens is 2. The molecule has 1 amide bonds. The Kier molecular flexibility index (Phi) is 5.13. The number of carbonyl (C=O) groups excluding carboxylic acids is 1. The molecule has 1 N–H and O–H groups in total. The van der Waals surface area contributed by atoms with Gasteiger partial charge in [-0.2, -0.15) is 0 Å². The third-order valence-electron chi connectivity index (χ3n) is 5.59. The maximum Gasteiger partial charge on any atom is 0.229 e. The first-order valence-corrected chi connectivity index (χ1v) is 10.0. The lowest BCUT2D eigenvalue weighted by Gasteiger charge is -2.25. The number of hydrogen-bond donors (Lipinski definition) is 1. The number of amides is 1. The number of benzene rings is 1. The number of halogens is 1. The van der Waals surface area contributed by atoms with Crippen LogP contribution in [0, 0.1) is 12.8 Å². The average molecular weight is 397 g/mol. The number of hydrogen-bond acceptors (Lipinski definition) is 3. The topological polar surface area (TPSA) is 50.2 Å². The molecule has 1 aromatic carbocycles. The summed E-state index contributed by atoms with van der Waals surface area (Å²) in [5.74, 6) is -0.154. The summed E-state index contributed by atoms with van der Waals surface area (Å²) >= 11 is 6.27. The van der Waals surface area contributed by atoms with Crippen molar-refractivity contribution < 1.29 is 4.79 Å². The van der Waals surface area contributed by atoms with Gasteiger partial charge in [-0.1, -0.05) is 18.5 Å². The molecule has 0 aliphatic carbocycles. The predicted octanol–water partition coefficient (Wildman–Crippen LogP) is 4.26. The Bertz CT molecular complexity index is 1040. The number of anilines is 1. The highest BCUT2D eigenvalue weighted by Crippen LogP contribution is 2.33. The zero-order valence-corrected chi connectivity index (χ0v) is 17.3. The van der Waals surface area contributed by atoms with Gasteiger partial charge in [0, 0.05) is 59.3 Å². The molecule has 2 aromatic heterocycles. The van der Waals surface area contributed by atoms with Crippen molar-refractivity contribution in [1.82, 2.24) is 14.5 Å². The van der Waals surface area contributed by atoms with Gasteiger partial charge in [0.1, 0.15) is 0 Å². The lowest BCUT2D eigenvalue weighted by Crippen LogP contribution is -2.30. The Morgan fingerprint density at radius 3 is 2.96 bits per heavy atom. The minimum Gasteiger partial charge on any atom is -0.342 e. The number of nitrogens with one attached hydrogen (secondary N) is 1. The molecule has 3 heterocycles. The third kappa shape index (κ3) is 3.52. The molecule has 4 rings (SSSR count). The van der Waals surface area contributed by atoms with Gasteiger partial charge in [-0.05, 0) is 55.8 Å². The molecule has 0 saturated heterocycles. The normalized spacial score (nSPS) is 15.4. The highest BCUT2D eigenvalue weighted by Gasteiger charge is 2.25. The number of likely N-dealkylation sites (N-methyl/N-ethyl adjacent to an activating group) is 1. The van der Waals surface area contributed by atoms with Gasteiger partial charge in [0.15, 0.2) is 0 Å². The molecule has 3 aromatic rings. The fraction of sp³-hybridized carbons (Fsp3) is 0.364. The fourth-order valence-electron chi connectivity index (χ4n) is 3.98. The van der Waals surface area contributed by atoms with E-state index < -0.39 is 0 Å². The summed E-state index contributed by atoms with van der Waals surface area (Å²) in [6.07, 6.45) is 4.46. The highest BCUT2D eigenvalue weighted by molar-refractivity contribution is 6.31. The van der Waals surface area contributed by atoms with Crippen LogP contribution in [0.5, 0.6) is 0 Å². The van der Waals surface area contributed by atoms with E-state index in [9.17, 15) is 4.79 Å². The van der Waals surface area contributed by atoms with Crippen molar-refractivity contribution in [3.8, 4) is 0 Å². The van der Waals surface area contributed by atoms with E-state index in [4.69, 9.17) is 11.6 Å². The fourth-order valence-corrected chi connectivity index (χ4v) is 4.15. The first-order chi connectivity index (χ1) is 13.4. The van der Waals surface area contributed by atoms with Crippen LogP contribution in [0.4, 0.5) is 5.69 Å². The first-order valence-electron chi connectivity index (χ1n) is 9.63. The van der Waals surface area contributed by atoms with Crippen LogP contribution in [0.3, 0.4) is 0 Å². The molecule has 5 nitrogen and oxygen atoms in total. The highest BCUT2D eigenvalue weighted by atomic mass is 35.5. The summed E-state index contributed by atoms with van der Waals surface area (Å²) in [5, 5.41) is 5.02. The van der Waals surface area contributed by atoms with Crippen molar-refractivity contribution >= 4 is 34.1 Å². The van der Waals surface area contributed by atoms with Crippen LogP contribution in [0.25, 0.3) is 10.9 Å². The van der Waals surface area contributed by atoms with E-state index in [0.29, 0.717) is 6.54 Å². The Balaban J connectivity index is 1.65. The average Bonchev–Trinajstić information content (AvgIpc) is 2.95. The SMILES string of the molecule is Cc1cnccc1NC(=O)C(C)Cn1c2c(c3cc(Cl)ccc31)CCN(C)C2. The molecule has 6 heteroatoms. The number of nitrogens with zero attached hydrogens (tertiary/aromatic N) is 3. The van der Waals surface area contributed by atoms with Gasteiger partial charge in [0.05, 0.1) is 5.92 Å². The standard InChI is InChI=1S/C22H25ClN4O/c1-14-11-24-8-6-19(14)25-22(28)15(2)12-27-20-5-4-16(23)10-18(20)17-7-9-26(3)13-21(17)27/h4-6,8,10-11,15H,7,9,12-13H2,1-3H3,(H,24,25,28). The van der Waals surface area contributed by atoms with E-state index in [1.165, 1.54) is 16.6 Å².